The maximum atomic E-state index is 5.74. The number of hydrogen-bond acceptors (Lipinski definition) is 1. The Hall–Kier alpha value is 0.250. The summed E-state index contributed by atoms with van der Waals surface area (Å²) in [6.07, 6.45) is 5.89. The lowest BCUT2D eigenvalue weighted by atomic mass is 9.82. The SMILES string of the molecule is ClCCN1C[C@H]2CCCC[C@@H]2C1. The van der Waals surface area contributed by atoms with Crippen molar-refractivity contribution in [2.45, 2.75) is 25.7 Å². The van der Waals surface area contributed by atoms with E-state index >= 15 is 0 Å². The first-order valence-electron chi connectivity index (χ1n) is 5.18. The van der Waals surface area contributed by atoms with Gasteiger partial charge in [0.25, 0.3) is 0 Å². The molecule has 2 fully saturated rings. The molecule has 0 spiro atoms. The molecule has 0 aromatic heterocycles. The minimum absolute atomic E-state index is 0.805. The summed E-state index contributed by atoms with van der Waals surface area (Å²) in [5, 5.41) is 0. The van der Waals surface area contributed by atoms with Gasteiger partial charge in [0, 0.05) is 25.5 Å². The molecule has 1 aliphatic carbocycles. The molecule has 0 aromatic carbocycles. The van der Waals surface area contributed by atoms with Crippen LogP contribution in [0.25, 0.3) is 0 Å². The Kier molecular flexibility index (Phi) is 2.92. The smallest absolute Gasteiger partial charge is 0.0351 e. The highest BCUT2D eigenvalue weighted by Crippen LogP contribution is 2.35. The second kappa shape index (κ2) is 3.97. The Morgan fingerprint density at radius 3 is 2.17 bits per heavy atom. The molecule has 2 rings (SSSR count). The zero-order valence-electron chi connectivity index (χ0n) is 7.64. The summed E-state index contributed by atoms with van der Waals surface area (Å²) in [5.74, 6) is 2.84. The van der Waals surface area contributed by atoms with E-state index in [1.54, 1.807) is 0 Å². The lowest BCUT2D eigenvalue weighted by Gasteiger charge is -2.23. The van der Waals surface area contributed by atoms with Gasteiger partial charge in [-0.25, -0.2) is 0 Å². The third kappa shape index (κ3) is 1.77. The fraction of sp³-hybridized carbons (Fsp3) is 1.00. The van der Waals surface area contributed by atoms with Crippen molar-refractivity contribution < 1.29 is 0 Å². The minimum atomic E-state index is 0.805. The van der Waals surface area contributed by atoms with Crippen LogP contribution in [-0.2, 0) is 0 Å². The number of fused-ring (bicyclic) bond motifs is 1. The predicted octanol–water partition coefficient (Wildman–Crippen LogP) is 2.35. The highest BCUT2D eigenvalue weighted by Gasteiger charge is 2.33. The number of hydrogen-bond donors (Lipinski definition) is 0. The second-order valence-corrected chi connectivity index (χ2v) is 4.63. The summed E-state index contributed by atoms with van der Waals surface area (Å²) < 4.78 is 0. The summed E-state index contributed by atoms with van der Waals surface area (Å²) in [7, 11) is 0. The van der Waals surface area contributed by atoms with Gasteiger partial charge in [0.05, 0.1) is 0 Å². The number of nitrogens with zero attached hydrogens (tertiary/aromatic N) is 1. The molecule has 1 aliphatic heterocycles. The molecule has 0 N–H and O–H groups in total. The fourth-order valence-electron chi connectivity index (χ4n) is 2.81. The summed E-state index contributed by atoms with van der Waals surface area (Å²) in [5.41, 5.74) is 0. The Morgan fingerprint density at radius 2 is 1.67 bits per heavy atom. The summed E-state index contributed by atoms with van der Waals surface area (Å²) in [6.45, 7) is 3.77. The molecule has 0 radical (unpaired) electrons. The topological polar surface area (TPSA) is 3.24 Å². The van der Waals surface area contributed by atoms with Gasteiger partial charge < -0.3 is 4.90 Å². The van der Waals surface area contributed by atoms with Crippen LogP contribution in [0, 0.1) is 11.8 Å². The van der Waals surface area contributed by atoms with Crippen LogP contribution in [-0.4, -0.2) is 30.4 Å². The minimum Gasteiger partial charge on any atom is -0.302 e. The van der Waals surface area contributed by atoms with Gasteiger partial charge in [0.15, 0.2) is 0 Å². The molecule has 12 heavy (non-hydrogen) atoms. The standard InChI is InChI=1S/C10H18ClN/c11-5-6-12-7-9-3-1-2-4-10(9)8-12/h9-10H,1-8H2/t9-,10-/m1/s1. The van der Waals surface area contributed by atoms with Crippen LogP contribution in [0.15, 0.2) is 0 Å². The van der Waals surface area contributed by atoms with Gasteiger partial charge in [0.2, 0.25) is 0 Å². The van der Waals surface area contributed by atoms with Crippen LogP contribution < -0.4 is 0 Å². The van der Waals surface area contributed by atoms with E-state index in [1.165, 1.54) is 38.8 Å². The van der Waals surface area contributed by atoms with E-state index in [1.807, 2.05) is 0 Å². The quantitative estimate of drug-likeness (QED) is 0.600. The summed E-state index contributed by atoms with van der Waals surface area (Å²) >= 11 is 5.74. The van der Waals surface area contributed by atoms with Crippen molar-refractivity contribution >= 4 is 11.6 Å². The molecule has 0 bridgehead atoms. The Labute approximate surface area is 80.1 Å². The van der Waals surface area contributed by atoms with Crippen molar-refractivity contribution in [3.63, 3.8) is 0 Å². The molecule has 0 aromatic rings. The number of rotatable bonds is 2. The van der Waals surface area contributed by atoms with Gasteiger partial charge in [-0.1, -0.05) is 12.8 Å². The van der Waals surface area contributed by atoms with Gasteiger partial charge in [-0.15, -0.1) is 11.6 Å². The number of halogens is 1. The summed E-state index contributed by atoms with van der Waals surface area (Å²) in [6, 6.07) is 0. The van der Waals surface area contributed by atoms with Crippen molar-refractivity contribution in [1.82, 2.24) is 4.90 Å². The molecule has 1 saturated carbocycles. The molecule has 0 amide bonds. The molecule has 2 atom stereocenters. The molecule has 0 unspecified atom stereocenters. The van der Waals surface area contributed by atoms with Crippen molar-refractivity contribution in [2.24, 2.45) is 11.8 Å². The summed E-state index contributed by atoms with van der Waals surface area (Å²) in [4.78, 5) is 2.55. The predicted molar refractivity (Wildman–Crippen MR) is 52.6 cm³/mol. The van der Waals surface area contributed by atoms with E-state index in [4.69, 9.17) is 11.6 Å². The third-order valence-electron chi connectivity index (χ3n) is 3.45. The Bertz CT molecular complexity index is 135. The normalized spacial score (nSPS) is 36.8. The van der Waals surface area contributed by atoms with Gasteiger partial charge in [-0.3, -0.25) is 0 Å². The Balaban J connectivity index is 1.85. The highest BCUT2D eigenvalue weighted by molar-refractivity contribution is 6.18. The number of likely N-dealkylation sites (tertiary alicyclic amines) is 1. The average Bonchev–Trinajstić information content (AvgIpc) is 2.47. The molecular weight excluding hydrogens is 170 g/mol. The zero-order valence-corrected chi connectivity index (χ0v) is 8.39. The van der Waals surface area contributed by atoms with E-state index in [-0.39, 0.29) is 0 Å². The fourth-order valence-corrected chi connectivity index (χ4v) is 3.04. The third-order valence-corrected chi connectivity index (χ3v) is 3.62. The molecular formula is C10H18ClN. The molecule has 1 saturated heterocycles. The van der Waals surface area contributed by atoms with Crippen LogP contribution in [0.3, 0.4) is 0 Å². The van der Waals surface area contributed by atoms with Gasteiger partial charge in [0.1, 0.15) is 0 Å². The van der Waals surface area contributed by atoms with E-state index < -0.39 is 0 Å². The van der Waals surface area contributed by atoms with E-state index in [0.29, 0.717) is 0 Å². The molecule has 2 heteroatoms. The second-order valence-electron chi connectivity index (χ2n) is 4.25. The van der Waals surface area contributed by atoms with Crippen LogP contribution in [0.5, 0.6) is 0 Å². The van der Waals surface area contributed by atoms with Crippen molar-refractivity contribution in [3.05, 3.63) is 0 Å². The largest absolute Gasteiger partial charge is 0.302 e. The van der Waals surface area contributed by atoms with Gasteiger partial charge >= 0.3 is 0 Å². The van der Waals surface area contributed by atoms with E-state index in [0.717, 1.165) is 24.3 Å². The van der Waals surface area contributed by atoms with Crippen molar-refractivity contribution in [2.75, 3.05) is 25.5 Å². The molecule has 70 valence electrons. The van der Waals surface area contributed by atoms with Crippen LogP contribution in [0.4, 0.5) is 0 Å². The first kappa shape index (κ1) is 8.83. The monoisotopic (exact) mass is 187 g/mol. The maximum Gasteiger partial charge on any atom is 0.0351 e. The lowest BCUT2D eigenvalue weighted by Crippen LogP contribution is -2.22. The lowest BCUT2D eigenvalue weighted by molar-refractivity contribution is 0.299. The Morgan fingerprint density at radius 1 is 1.08 bits per heavy atom. The average molecular weight is 188 g/mol. The van der Waals surface area contributed by atoms with Crippen molar-refractivity contribution in [3.8, 4) is 0 Å². The van der Waals surface area contributed by atoms with E-state index in [2.05, 4.69) is 4.90 Å². The van der Waals surface area contributed by atoms with E-state index in [9.17, 15) is 0 Å². The van der Waals surface area contributed by atoms with Crippen molar-refractivity contribution in [1.29, 1.82) is 0 Å². The zero-order chi connectivity index (χ0) is 8.39. The first-order valence-corrected chi connectivity index (χ1v) is 5.72. The molecule has 1 nitrogen and oxygen atoms in total. The first-order chi connectivity index (χ1) is 5.90. The van der Waals surface area contributed by atoms with Crippen LogP contribution in [0.1, 0.15) is 25.7 Å². The number of alkyl halides is 1. The molecule has 2 aliphatic rings. The van der Waals surface area contributed by atoms with Gasteiger partial charge in [-0.2, -0.15) is 0 Å². The van der Waals surface area contributed by atoms with Gasteiger partial charge in [-0.05, 0) is 24.7 Å². The molecule has 1 heterocycles. The maximum absolute atomic E-state index is 5.74. The van der Waals surface area contributed by atoms with Crippen LogP contribution >= 0.6 is 11.6 Å². The highest BCUT2D eigenvalue weighted by atomic mass is 35.5. The van der Waals surface area contributed by atoms with Crippen LogP contribution in [0.2, 0.25) is 0 Å².